The predicted molar refractivity (Wildman–Crippen MR) is 120 cm³/mol. The molecule has 0 aliphatic carbocycles. The van der Waals surface area contributed by atoms with Gasteiger partial charge in [0, 0.05) is 0 Å². The highest BCUT2D eigenvalue weighted by Crippen LogP contribution is 2.30. The third-order valence-electron chi connectivity index (χ3n) is 5.10. The lowest BCUT2D eigenvalue weighted by atomic mass is 9.95. The Hall–Kier alpha value is -3.45. The summed E-state index contributed by atoms with van der Waals surface area (Å²) in [5.41, 5.74) is 3.38. The first-order valence-electron chi connectivity index (χ1n) is 9.94. The van der Waals surface area contributed by atoms with Gasteiger partial charge >= 0.3 is 5.97 Å². The van der Waals surface area contributed by atoms with E-state index < -0.39 is 12.0 Å². The highest BCUT2D eigenvalue weighted by molar-refractivity contribution is 7.07. The zero-order chi connectivity index (χ0) is 22.1. The Balaban J connectivity index is 1.94. The lowest BCUT2D eigenvalue weighted by Crippen LogP contribution is -2.39. The number of hydrogen-bond donors (Lipinski definition) is 1. The van der Waals surface area contributed by atoms with E-state index in [0.717, 1.165) is 16.7 Å². The maximum atomic E-state index is 13.4. The van der Waals surface area contributed by atoms with Crippen molar-refractivity contribution in [3.63, 3.8) is 0 Å². The number of nitrogens with zero attached hydrogens (tertiary/aromatic N) is 2. The molecule has 31 heavy (non-hydrogen) atoms. The number of carbonyl (C=O) groups excluding carboxylic acids is 1. The summed E-state index contributed by atoms with van der Waals surface area (Å²) in [6, 6.07) is 13.8. The Morgan fingerprint density at radius 2 is 1.84 bits per heavy atom. The van der Waals surface area contributed by atoms with Crippen LogP contribution in [0.1, 0.15) is 36.6 Å². The second kappa shape index (κ2) is 8.35. The summed E-state index contributed by atoms with van der Waals surface area (Å²) in [7, 11) is 0. The van der Waals surface area contributed by atoms with Crippen molar-refractivity contribution in [1.82, 2.24) is 4.57 Å². The molecule has 1 N–H and O–H groups in total. The number of aromatic nitrogens is 1. The summed E-state index contributed by atoms with van der Waals surface area (Å²) in [6.45, 7) is 5.74. The largest absolute Gasteiger partial charge is 0.508 e. The van der Waals surface area contributed by atoms with E-state index in [0.29, 0.717) is 20.6 Å². The summed E-state index contributed by atoms with van der Waals surface area (Å²) in [6.07, 6.45) is 1.76. The first-order chi connectivity index (χ1) is 14.9. The standard InChI is InChI=1S/C24H22N2O4S/c1-4-30-23(29)20-15(3)25-24-26(21(20)17-9-5-14(2)6-10-17)22(28)19(31-24)13-16-7-11-18(27)12-8-16/h5-13,21,27H,4H2,1-3H3/b19-13-/t21-/m1/s1. The maximum absolute atomic E-state index is 13.4. The number of fused-ring (bicyclic) bond motifs is 1. The number of aryl methyl sites for hydroxylation is 1. The minimum absolute atomic E-state index is 0.160. The SMILES string of the molecule is CCOC(=O)C1=C(C)N=c2s/c(=C\c3ccc(O)cc3)c(=O)n2[C@@H]1c1ccc(C)cc1. The molecule has 0 saturated heterocycles. The van der Waals surface area contributed by atoms with Gasteiger partial charge in [-0.15, -0.1) is 0 Å². The molecule has 0 bridgehead atoms. The quantitative estimate of drug-likeness (QED) is 0.641. The van der Waals surface area contributed by atoms with E-state index in [2.05, 4.69) is 4.99 Å². The fourth-order valence-corrected chi connectivity index (χ4v) is 4.62. The lowest BCUT2D eigenvalue weighted by Gasteiger charge is -2.24. The van der Waals surface area contributed by atoms with Crippen LogP contribution in [0.4, 0.5) is 0 Å². The van der Waals surface area contributed by atoms with E-state index in [-0.39, 0.29) is 17.9 Å². The van der Waals surface area contributed by atoms with Crippen molar-refractivity contribution in [1.29, 1.82) is 0 Å². The molecule has 158 valence electrons. The van der Waals surface area contributed by atoms with Crippen molar-refractivity contribution in [2.45, 2.75) is 26.8 Å². The van der Waals surface area contributed by atoms with Gasteiger partial charge in [-0.2, -0.15) is 0 Å². The van der Waals surface area contributed by atoms with Crippen molar-refractivity contribution in [3.05, 3.63) is 96.2 Å². The van der Waals surface area contributed by atoms with Gasteiger partial charge in [0.25, 0.3) is 5.56 Å². The van der Waals surface area contributed by atoms with Crippen LogP contribution in [0.2, 0.25) is 0 Å². The van der Waals surface area contributed by atoms with Crippen molar-refractivity contribution in [2.75, 3.05) is 6.61 Å². The van der Waals surface area contributed by atoms with Gasteiger partial charge in [-0.25, -0.2) is 9.79 Å². The number of phenols is 1. The van der Waals surface area contributed by atoms with Crippen molar-refractivity contribution >= 4 is 23.4 Å². The van der Waals surface area contributed by atoms with Crippen LogP contribution in [-0.4, -0.2) is 22.2 Å². The van der Waals surface area contributed by atoms with Crippen LogP contribution < -0.4 is 14.9 Å². The number of thiazole rings is 1. The third kappa shape index (κ3) is 3.96. The van der Waals surface area contributed by atoms with Crippen LogP contribution in [0.15, 0.2) is 69.6 Å². The van der Waals surface area contributed by atoms with Gasteiger partial charge in [0.1, 0.15) is 5.75 Å². The number of rotatable bonds is 4. The normalized spacial score (nSPS) is 16.1. The number of aromatic hydroxyl groups is 1. The number of phenolic OH excluding ortho intramolecular Hbond substituents is 1. The van der Waals surface area contributed by atoms with Gasteiger partial charge in [0.15, 0.2) is 4.80 Å². The molecule has 6 nitrogen and oxygen atoms in total. The molecule has 4 rings (SSSR count). The zero-order valence-electron chi connectivity index (χ0n) is 17.5. The number of ether oxygens (including phenoxy) is 1. The zero-order valence-corrected chi connectivity index (χ0v) is 18.3. The summed E-state index contributed by atoms with van der Waals surface area (Å²) in [4.78, 5) is 31.3. The number of allylic oxidation sites excluding steroid dienone is 1. The molecule has 0 spiro atoms. The number of hydrogen-bond acceptors (Lipinski definition) is 6. The van der Waals surface area contributed by atoms with Gasteiger partial charge in [-0.1, -0.05) is 53.3 Å². The van der Waals surface area contributed by atoms with E-state index in [1.165, 1.54) is 11.3 Å². The molecular formula is C24H22N2O4S. The molecule has 3 aromatic rings. The minimum atomic E-state index is -0.613. The van der Waals surface area contributed by atoms with Crippen LogP contribution in [-0.2, 0) is 9.53 Å². The Bertz CT molecular complexity index is 1350. The van der Waals surface area contributed by atoms with E-state index >= 15 is 0 Å². The summed E-state index contributed by atoms with van der Waals surface area (Å²) < 4.78 is 7.37. The van der Waals surface area contributed by atoms with Crippen LogP contribution >= 0.6 is 11.3 Å². The number of carbonyl (C=O) groups is 1. The molecule has 7 heteroatoms. The summed E-state index contributed by atoms with van der Waals surface area (Å²) in [5, 5.41) is 9.50. The molecule has 1 aromatic heterocycles. The average Bonchev–Trinajstić information content (AvgIpc) is 3.04. The molecule has 0 fully saturated rings. The summed E-state index contributed by atoms with van der Waals surface area (Å²) >= 11 is 1.27. The van der Waals surface area contributed by atoms with Crippen molar-refractivity contribution in [3.8, 4) is 5.75 Å². The fraction of sp³-hybridized carbons (Fsp3) is 0.208. The number of benzene rings is 2. The van der Waals surface area contributed by atoms with Gasteiger partial charge in [0.05, 0.1) is 28.5 Å². The Kier molecular flexibility index (Phi) is 5.61. The van der Waals surface area contributed by atoms with Gasteiger partial charge in [-0.05, 0) is 50.1 Å². The van der Waals surface area contributed by atoms with E-state index in [9.17, 15) is 14.7 Å². The summed E-state index contributed by atoms with van der Waals surface area (Å²) in [5.74, 6) is -0.310. The molecule has 1 atom stereocenters. The van der Waals surface area contributed by atoms with Crippen molar-refractivity contribution < 1.29 is 14.6 Å². The highest BCUT2D eigenvalue weighted by atomic mass is 32.1. The van der Waals surface area contributed by atoms with Crippen LogP contribution in [0, 0.1) is 6.92 Å². The van der Waals surface area contributed by atoms with Gasteiger partial charge < -0.3 is 9.84 Å². The molecule has 2 heterocycles. The molecule has 0 radical (unpaired) electrons. The monoisotopic (exact) mass is 434 g/mol. The van der Waals surface area contributed by atoms with Crippen LogP contribution in [0.3, 0.4) is 0 Å². The second-order valence-corrected chi connectivity index (χ2v) is 8.31. The third-order valence-corrected chi connectivity index (χ3v) is 6.08. The molecule has 0 amide bonds. The first kappa shape index (κ1) is 20.8. The Labute approximate surface area is 183 Å². The molecule has 2 aromatic carbocycles. The molecule has 1 aliphatic rings. The first-order valence-corrected chi connectivity index (χ1v) is 10.8. The molecule has 1 aliphatic heterocycles. The average molecular weight is 435 g/mol. The Morgan fingerprint density at radius 1 is 1.16 bits per heavy atom. The molecule has 0 unspecified atom stereocenters. The van der Waals surface area contributed by atoms with E-state index in [1.54, 1.807) is 48.8 Å². The van der Waals surface area contributed by atoms with Gasteiger partial charge in [-0.3, -0.25) is 9.36 Å². The van der Waals surface area contributed by atoms with E-state index in [1.807, 2.05) is 31.2 Å². The highest BCUT2D eigenvalue weighted by Gasteiger charge is 2.33. The fourth-order valence-electron chi connectivity index (χ4n) is 3.58. The van der Waals surface area contributed by atoms with Crippen LogP contribution in [0.25, 0.3) is 6.08 Å². The second-order valence-electron chi connectivity index (χ2n) is 7.30. The number of esters is 1. The van der Waals surface area contributed by atoms with Crippen molar-refractivity contribution in [2.24, 2.45) is 4.99 Å². The van der Waals surface area contributed by atoms with Crippen LogP contribution in [0.5, 0.6) is 5.75 Å². The topological polar surface area (TPSA) is 80.9 Å². The van der Waals surface area contributed by atoms with E-state index in [4.69, 9.17) is 4.74 Å². The predicted octanol–water partition coefficient (Wildman–Crippen LogP) is 2.81. The van der Waals surface area contributed by atoms with Gasteiger partial charge in [0.2, 0.25) is 0 Å². The molecule has 0 saturated carbocycles. The Morgan fingerprint density at radius 3 is 2.48 bits per heavy atom. The molecular weight excluding hydrogens is 412 g/mol. The lowest BCUT2D eigenvalue weighted by molar-refractivity contribution is -0.139. The maximum Gasteiger partial charge on any atom is 0.338 e. The minimum Gasteiger partial charge on any atom is -0.508 e. The smallest absolute Gasteiger partial charge is 0.338 e.